The van der Waals surface area contributed by atoms with E-state index in [1.807, 2.05) is 0 Å². The first-order valence-electron chi connectivity index (χ1n) is 5.69. The number of hydrogen-bond donors (Lipinski definition) is 2. The predicted octanol–water partition coefficient (Wildman–Crippen LogP) is 0.884. The first kappa shape index (κ1) is 12.7. The summed E-state index contributed by atoms with van der Waals surface area (Å²) in [6, 6.07) is 4.80. The fourth-order valence-corrected chi connectivity index (χ4v) is 1.95. The number of nitrogens with zero attached hydrogens (tertiary/aromatic N) is 1. The molecule has 1 aliphatic rings. The van der Waals surface area contributed by atoms with Crippen LogP contribution in [0.1, 0.15) is 16.8 Å². The summed E-state index contributed by atoms with van der Waals surface area (Å²) >= 11 is 5.81. The van der Waals surface area contributed by atoms with Gasteiger partial charge in [-0.3, -0.25) is 9.59 Å². The van der Waals surface area contributed by atoms with Crippen molar-refractivity contribution in [3.05, 3.63) is 28.8 Å². The largest absolute Gasteiger partial charge is 0.398 e. The SMILES string of the molecule is Nc1cc(C(=O)N2CCNC(=O)CC2)ccc1Cl. The second kappa shape index (κ2) is 5.27. The molecule has 0 aromatic heterocycles. The minimum Gasteiger partial charge on any atom is -0.398 e. The molecule has 2 rings (SSSR count). The Hall–Kier alpha value is -1.75. The zero-order valence-corrected chi connectivity index (χ0v) is 10.5. The molecule has 1 aromatic carbocycles. The Kier molecular flexibility index (Phi) is 3.72. The Morgan fingerprint density at radius 3 is 2.89 bits per heavy atom. The van der Waals surface area contributed by atoms with E-state index in [2.05, 4.69) is 5.32 Å². The molecule has 0 radical (unpaired) electrons. The molecule has 0 spiro atoms. The van der Waals surface area contributed by atoms with Crippen LogP contribution in [0.2, 0.25) is 5.02 Å². The smallest absolute Gasteiger partial charge is 0.254 e. The highest BCUT2D eigenvalue weighted by molar-refractivity contribution is 6.33. The lowest BCUT2D eigenvalue weighted by Crippen LogP contribution is -2.34. The Bertz CT molecular complexity index is 490. The predicted molar refractivity (Wildman–Crippen MR) is 69.4 cm³/mol. The molecule has 0 aliphatic carbocycles. The number of amides is 2. The van der Waals surface area contributed by atoms with Crippen LogP contribution in [0.3, 0.4) is 0 Å². The van der Waals surface area contributed by atoms with Gasteiger partial charge < -0.3 is 16.0 Å². The molecule has 6 heteroatoms. The van der Waals surface area contributed by atoms with Gasteiger partial charge in [-0.2, -0.15) is 0 Å². The second-order valence-electron chi connectivity index (χ2n) is 4.13. The normalized spacial score (nSPS) is 16.1. The number of benzene rings is 1. The van der Waals surface area contributed by atoms with Gasteiger partial charge in [0.05, 0.1) is 10.7 Å². The van der Waals surface area contributed by atoms with Gasteiger partial charge in [-0.1, -0.05) is 11.6 Å². The molecule has 18 heavy (non-hydrogen) atoms. The summed E-state index contributed by atoms with van der Waals surface area (Å²) in [6.45, 7) is 1.41. The summed E-state index contributed by atoms with van der Waals surface area (Å²) in [5, 5.41) is 3.15. The monoisotopic (exact) mass is 267 g/mol. The number of nitrogens with one attached hydrogen (secondary N) is 1. The van der Waals surface area contributed by atoms with Crippen LogP contribution in [0.25, 0.3) is 0 Å². The van der Waals surface area contributed by atoms with Gasteiger partial charge in [0.2, 0.25) is 5.91 Å². The molecule has 1 heterocycles. The standard InChI is InChI=1S/C12H14ClN3O2/c13-9-2-1-8(7-10(9)14)12(18)16-5-3-11(17)15-4-6-16/h1-2,7H,3-6,14H2,(H,15,17). The zero-order chi connectivity index (χ0) is 13.1. The average Bonchev–Trinajstić information content (AvgIpc) is 2.57. The van der Waals surface area contributed by atoms with Crippen molar-refractivity contribution < 1.29 is 9.59 Å². The highest BCUT2D eigenvalue weighted by atomic mass is 35.5. The van der Waals surface area contributed by atoms with E-state index in [1.165, 1.54) is 0 Å². The lowest BCUT2D eigenvalue weighted by Gasteiger charge is -2.19. The van der Waals surface area contributed by atoms with Gasteiger partial charge in [-0.25, -0.2) is 0 Å². The Morgan fingerprint density at radius 2 is 2.17 bits per heavy atom. The van der Waals surface area contributed by atoms with E-state index in [0.29, 0.717) is 42.3 Å². The molecule has 3 N–H and O–H groups in total. The molecule has 0 atom stereocenters. The molecular weight excluding hydrogens is 254 g/mol. The Morgan fingerprint density at radius 1 is 1.39 bits per heavy atom. The fraction of sp³-hybridized carbons (Fsp3) is 0.333. The van der Waals surface area contributed by atoms with Crippen LogP contribution < -0.4 is 11.1 Å². The van der Waals surface area contributed by atoms with Crippen LogP contribution in [0, 0.1) is 0 Å². The number of nitrogens with two attached hydrogens (primary N) is 1. The second-order valence-corrected chi connectivity index (χ2v) is 4.54. The van der Waals surface area contributed by atoms with Crippen LogP contribution >= 0.6 is 11.6 Å². The Labute approximate surface area is 110 Å². The number of anilines is 1. The van der Waals surface area contributed by atoms with Gasteiger partial charge in [-0.15, -0.1) is 0 Å². The maximum Gasteiger partial charge on any atom is 0.254 e. The van der Waals surface area contributed by atoms with Crippen molar-refractivity contribution in [1.82, 2.24) is 10.2 Å². The number of halogens is 1. The van der Waals surface area contributed by atoms with E-state index in [1.54, 1.807) is 23.1 Å². The van der Waals surface area contributed by atoms with Crippen LogP contribution in [-0.4, -0.2) is 36.3 Å². The van der Waals surface area contributed by atoms with Crippen molar-refractivity contribution in [3.63, 3.8) is 0 Å². The molecular formula is C12H14ClN3O2. The lowest BCUT2D eigenvalue weighted by molar-refractivity contribution is -0.120. The third-order valence-electron chi connectivity index (χ3n) is 2.84. The molecule has 5 nitrogen and oxygen atoms in total. The quantitative estimate of drug-likeness (QED) is 0.742. The third kappa shape index (κ3) is 2.73. The molecule has 1 aromatic rings. The molecule has 0 bridgehead atoms. The van der Waals surface area contributed by atoms with E-state index in [9.17, 15) is 9.59 Å². The minimum atomic E-state index is -0.130. The number of carbonyl (C=O) groups excluding carboxylic acids is 2. The van der Waals surface area contributed by atoms with Crippen molar-refractivity contribution in [1.29, 1.82) is 0 Å². The van der Waals surface area contributed by atoms with Crippen LogP contribution in [0.5, 0.6) is 0 Å². The maximum atomic E-state index is 12.2. The number of hydrogen-bond acceptors (Lipinski definition) is 3. The van der Waals surface area contributed by atoms with Crippen molar-refractivity contribution in [2.45, 2.75) is 6.42 Å². The van der Waals surface area contributed by atoms with Gasteiger partial charge in [0.25, 0.3) is 5.91 Å². The van der Waals surface area contributed by atoms with Gasteiger partial charge in [0.15, 0.2) is 0 Å². The van der Waals surface area contributed by atoms with Crippen molar-refractivity contribution in [2.24, 2.45) is 0 Å². The molecule has 1 saturated heterocycles. The van der Waals surface area contributed by atoms with Gasteiger partial charge >= 0.3 is 0 Å². The lowest BCUT2D eigenvalue weighted by atomic mass is 10.1. The third-order valence-corrected chi connectivity index (χ3v) is 3.19. The first-order valence-corrected chi connectivity index (χ1v) is 6.07. The van der Waals surface area contributed by atoms with Crippen molar-refractivity contribution >= 4 is 29.1 Å². The average molecular weight is 268 g/mol. The number of carbonyl (C=O) groups is 2. The van der Waals surface area contributed by atoms with Crippen molar-refractivity contribution in [2.75, 3.05) is 25.4 Å². The van der Waals surface area contributed by atoms with Crippen LogP contribution in [-0.2, 0) is 4.79 Å². The molecule has 0 saturated carbocycles. The number of rotatable bonds is 1. The molecule has 96 valence electrons. The molecule has 1 fully saturated rings. The maximum absolute atomic E-state index is 12.2. The summed E-state index contributed by atoms with van der Waals surface area (Å²) in [5.41, 5.74) is 6.54. The fourth-order valence-electron chi connectivity index (χ4n) is 1.83. The summed E-state index contributed by atoms with van der Waals surface area (Å²) in [6.07, 6.45) is 0.328. The van der Waals surface area contributed by atoms with E-state index < -0.39 is 0 Å². The topological polar surface area (TPSA) is 75.4 Å². The van der Waals surface area contributed by atoms with Crippen LogP contribution in [0.4, 0.5) is 5.69 Å². The van der Waals surface area contributed by atoms with Crippen molar-refractivity contribution in [3.8, 4) is 0 Å². The van der Waals surface area contributed by atoms with Crippen LogP contribution in [0.15, 0.2) is 18.2 Å². The zero-order valence-electron chi connectivity index (χ0n) is 9.78. The van der Waals surface area contributed by atoms with Gasteiger partial charge in [0, 0.05) is 31.6 Å². The van der Waals surface area contributed by atoms with E-state index in [0.717, 1.165) is 0 Å². The van der Waals surface area contributed by atoms with Gasteiger partial charge in [-0.05, 0) is 18.2 Å². The number of nitrogen functional groups attached to an aromatic ring is 1. The molecule has 1 aliphatic heterocycles. The summed E-state index contributed by atoms with van der Waals surface area (Å²) in [7, 11) is 0. The Balaban J connectivity index is 2.14. The van der Waals surface area contributed by atoms with E-state index in [-0.39, 0.29) is 11.8 Å². The summed E-state index contributed by atoms with van der Waals surface area (Å²) < 4.78 is 0. The van der Waals surface area contributed by atoms with Gasteiger partial charge in [0.1, 0.15) is 0 Å². The first-order chi connectivity index (χ1) is 8.58. The summed E-state index contributed by atoms with van der Waals surface area (Å²) in [4.78, 5) is 25.1. The van der Waals surface area contributed by atoms with E-state index >= 15 is 0 Å². The molecule has 2 amide bonds. The minimum absolute atomic E-state index is 0.0269. The van der Waals surface area contributed by atoms with E-state index in [4.69, 9.17) is 17.3 Å². The summed E-state index contributed by atoms with van der Waals surface area (Å²) in [5.74, 6) is -0.157. The molecule has 0 unspecified atom stereocenters. The highest BCUT2D eigenvalue weighted by Crippen LogP contribution is 2.20. The highest BCUT2D eigenvalue weighted by Gasteiger charge is 2.20.